The van der Waals surface area contributed by atoms with E-state index in [1.54, 1.807) is 0 Å². The van der Waals surface area contributed by atoms with Crippen molar-refractivity contribution in [3.05, 3.63) is 28.8 Å². The number of hydrogen-bond acceptors (Lipinski definition) is 3. The average Bonchev–Trinajstić information content (AvgIpc) is 2.48. The summed E-state index contributed by atoms with van der Waals surface area (Å²) in [5.74, 6) is -0.792. The molecule has 0 aromatic carbocycles. The SMILES string of the molecule is OC(O)c1cc2cc(Cl)c(F)nc2[nH]1. The van der Waals surface area contributed by atoms with Crippen LogP contribution in [0.5, 0.6) is 0 Å². The molecule has 0 aliphatic carbocycles. The Hall–Kier alpha value is -1.17. The molecule has 4 nitrogen and oxygen atoms in total. The molecular weight excluding hydrogens is 211 g/mol. The largest absolute Gasteiger partial charge is 0.363 e. The normalized spacial score (nSPS) is 11.5. The molecule has 2 heterocycles. The van der Waals surface area contributed by atoms with Gasteiger partial charge in [0.2, 0.25) is 5.95 Å². The van der Waals surface area contributed by atoms with Crippen LogP contribution in [0.3, 0.4) is 0 Å². The van der Waals surface area contributed by atoms with Crippen LogP contribution in [0.15, 0.2) is 12.1 Å². The highest BCUT2D eigenvalue weighted by molar-refractivity contribution is 6.31. The molecule has 0 aliphatic rings. The van der Waals surface area contributed by atoms with Crippen LogP contribution in [0, 0.1) is 5.95 Å². The van der Waals surface area contributed by atoms with Gasteiger partial charge in [0.25, 0.3) is 0 Å². The molecular formula is C8H6ClFN2O2. The van der Waals surface area contributed by atoms with Gasteiger partial charge in [0.15, 0.2) is 6.29 Å². The van der Waals surface area contributed by atoms with E-state index in [9.17, 15) is 4.39 Å². The summed E-state index contributed by atoms with van der Waals surface area (Å²) in [4.78, 5) is 6.06. The Bertz CT molecular complexity index is 444. The molecule has 0 unspecified atom stereocenters. The summed E-state index contributed by atoms with van der Waals surface area (Å²) in [6, 6.07) is 2.81. The van der Waals surface area contributed by atoms with Crippen molar-refractivity contribution in [1.82, 2.24) is 9.97 Å². The number of aromatic amines is 1. The second-order valence-corrected chi connectivity index (χ2v) is 3.20. The molecule has 74 valence electrons. The summed E-state index contributed by atoms with van der Waals surface area (Å²) in [6.45, 7) is 0. The van der Waals surface area contributed by atoms with Gasteiger partial charge in [-0.25, -0.2) is 4.98 Å². The fourth-order valence-electron chi connectivity index (χ4n) is 1.17. The van der Waals surface area contributed by atoms with Crippen molar-refractivity contribution in [3.63, 3.8) is 0 Å². The summed E-state index contributed by atoms with van der Waals surface area (Å²) >= 11 is 5.50. The van der Waals surface area contributed by atoms with Crippen LogP contribution >= 0.6 is 11.6 Å². The van der Waals surface area contributed by atoms with Crippen LogP contribution in [-0.4, -0.2) is 20.2 Å². The van der Waals surface area contributed by atoms with Crippen molar-refractivity contribution in [1.29, 1.82) is 0 Å². The van der Waals surface area contributed by atoms with Crippen LogP contribution in [0.25, 0.3) is 11.0 Å². The Morgan fingerprint density at radius 3 is 2.79 bits per heavy atom. The number of aliphatic hydroxyl groups excluding tert-OH is 1. The minimum absolute atomic E-state index is 0.101. The van der Waals surface area contributed by atoms with Crippen LogP contribution < -0.4 is 0 Å². The zero-order chi connectivity index (χ0) is 10.3. The standard InChI is InChI=1S/C8H6ClFN2O2/c9-4-1-3-2-5(8(13)14)11-7(3)12-6(4)10/h1-2,8,13-14H,(H,11,12). The number of nitrogens with zero attached hydrogens (tertiary/aromatic N) is 1. The first-order valence-corrected chi connectivity index (χ1v) is 4.16. The summed E-state index contributed by atoms with van der Waals surface area (Å²) < 4.78 is 12.9. The van der Waals surface area contributed by atoms with Gasteiger partial charge in [0, 0.05) is 5.39 Å². The number of nitrogens with one attached hydrogen (secondary N) is 1. The minimum atomic E-state index is -1.63. The number of aromatic nitrogens is 2. The Labute approximate surface area is 83.0 Å². The topological polar surface area (TPSA) is 69.1 Å². The summed E-state index contributed by atoms with van der Waals surface area (Å²) in [7, 11) is 0. The maximum atomic E-state index is 12.9. The zero-order valence-electron chi connectivity index (χ0n) is 6.83. The van der Waals surface area contributed by atoms with E-state index < -0.39 is 12.2 Å². The molecule has 0 atom stereocenters. The lowest BCUT2D eigenvalue weighted by atomic mass is 10.3. The molecule has 0 saturated heterocycles. The van der Waals surface area contributed by atoms with Crippen LogP contribution in [-0.2, 0) is 0 Å². The molecule has 2 aromatic heterocycles. The average molecular weight is 217 g/mol. The van der Waals surface area contributed by atoms with Gasteiger partial charge in [-0.05, 0) is 12.1 Å². The predicted octanol–water partition coefficient (Wildman–Crippen LogP) is 1.34. The van der Waals surface area contributed by atoms with Gasteiger partial charge < -0.3 is 15.2 Å². The lowest BCUT2D eigenvalue weighted by Crippen LogP contribution is -1.93. The Morgan fingerprint density at radius 2 is 2.14 bits per heavy atom. The highest BCUT2D eigenvalue weighted by Crippen LogP contribution is 2.22. The van der Waals surface area contributed by atoms with E-state index in [4.69, 9.17) is 21.8 Å². The summed E-state index contributed by atoms with van der Waals surface area (Å²) in [5.41, 5.74) is 0.379. The third-order valence-corrected chi connectivity index (χ3v) is 2.08. The third kappa shape index (κ3) is 1.45. The quantitative estimate of drug-likeness (QED) is 0.498. The molecule has 0 fully saturated rings. The lowest BCUT2D eigenvalue weighted by Gasteiger charge is -1.96. The maximum absolute atomic E-state index is 12.9. The lowest BCUT2D eigenvalue weighted by molar-refractivity contribution is -0.0453. The van der Waals surface area contributed by atoms with Gasteiger partial charge >= 0.3 is 0 Å². The van der Waals surface area contributed by atoms with Gasteiger partial charge in [-0.2, -0.15) is 4.39 Å². The second-order valence-electron chi connectivity index (χ2n) is 2.80. The van der Waals surface area contributed by atoms with Crippen molar-refractivity contribution in [3.8, 4) is 0 Å². The molecule has 0 amide bonds. The number of fused-ring (bicyclic) bond motifs is 1. The van der Waals surface area contributed by atoms with Crippen molar-refractivity contribution >= 4 is 22.6 Å². The Morgan fingerprint density at radius 1 is 1.43 bits per heavy atom. The predicted molar refractivity (Wildman–Crippen MR) is 48.2 cm³/mol. The van der Waals surface area contributed by atoms with Gasteiger partial charge in [-0.1, -0.05) is 11.6 Å². The molecule has 3 N–H and O–H groups in total. The molecule has 0 radical (unpaired) electrons. The first-order chi connectivity index (χ1) is 6.58. The van der Waals surface area contributed by atoms with Crippen LogP contribution in [0.4, 0.5) is 4.39 Å². The van der Waals surface area contributed by atoms with Crippen molar-refractivity contribution in [2.24, 2.45) is 0 Å². The number of halogens is 2. The van der Waals surface area contributed by atoms with E-state index in [2.05, 4.69) is 9.97 Å². The van der Waals surface area contributed by atoms with Crippen LogP contribution in [0.1, 0.15) is 12.0 Å². The first kappa shape index (κ1) is 9.39. The number of pyridine rings is 1. The van der Waals surface area contributed by atoms with Crippen molar-refractivity contribution in [2.45, 2.75) is 6.29 Å². The van der Waals surface area contributed by atoms with Gasteiger partial charge in [-0.3, -0.25) is 0 Å². The van der Waals surface area contributed by atoms with Gasteiger partial charge in [-0.15, -0.1) is 0 Å². The number of rotatable bonds is 1. The number of hydrogen-bond donors (Lipinski definition) is 3. The van der Waals surface area contributed by atoms with E-state index in [-0.39, 0.29) is 16.4 Å². The molecule has 0 saturated carbocycles. The first-order valence-electron chi connectivity index (χ1n) is 3.78. The summed E-state index contributed by atoms with van der Waals surface area (Å²) in [5, 5.41) is 18.1. The highest BCUT2D eigenvalue weighted by atomic mass is 35.5. The molecule has 0 aliphatic heterocycles. The zero-order valence-corrected chi connectivity index (χ0v) is 7.59. The van der Waals surface area contributed by atoms with E-state index in [0.717, 1.165) is 0 Å². The molecule has 14 heavy (non-hydrogen) atoms. The third-order valence-electron chi connectivity index (χ3n) is 1.81. The van der Waals surface area contributed by atoms with Gasteiger partial charge in [0.1, 0.15) is 5.65 Å². The van der Waals surface area contributed by atoms with Gasteiger partial charge in [0.05, 0.1) is 10.7 Å². The van der Waals surface area contributed by atoms with Crippen molar-refractivity contribution in [2.75, 3.05) is 0 Å². The van der Waals surface area contributed by atoms with E-state index in [1.165, 1.54) is 12.1 Å². The number of H-pyrrole nitrogens is 1. The fraction of sp³-hybridized carbons (Fsp3) is 0.125. The molecule has 0 bridgehead atoms. The van der Waals surface area contributed by atoms with Crippen LogP contribution in [0.2, 0.25) is 5.02 Å². The number of aliphatic hydroxyl groups is 2. The molecule has 2 aromatic rings. The minimum Gasteiger partial charge on any atom is -0.363 e. The monoisotopic (exact) mass is 216 g/mol. The maximum Gasteiger partial charge on any atom is 0.233 e. The van der Waals surface area contributed by atoms with Crippen molar-refractivity contribution < 1.29 is 14.6 Å². The van der Waals surface area contributed by atoms with E-state index in [1.807, 2.05) is 0 Å². The fourth-order valence-corrected chi connectivity index (χ4v) is 1.33. The molecule has 2 rings (SSSR count). The van der Waals surface area contributed by atoms with E-state index >= 15 is 0 Å². The Balaban J connectivity index is 2.66. The second kappa shape index (κ2) is 3.20. The smallest absolute Gasteiger partial charge is 0.233 e. The van der Waals surface area contributed by atoms with E-state index in [0.29, 0.717) is 5.39 Å². The highest BCUT2D eigenvalue weighted by Gasteiger charge is 2.10. The summed E-state index contributed by atoms with van der Waals surface area (Å²) in [6.07, 6.45) is -1.63. The Kier molecular flexibility index (Phi) is 2.14. The molecule has 6 heteroatoms. The molecule has 0 spiro atoms.